The van der Waals surface area contributed by atoms with E-state index in [1.807, 2.05) is 0 Å². The van der Waals surface area contributed by atoms with Gasteiger partial charge in [-0.1, -0.05) is 13.8 Å². The van der Waals surface area contributed by atoms with Gasteiger partial charge in [0.2, 0.25) is 0 Å². The molecule has 0 aromatic carbocycles. The molecular weight excluding hydrogens is 230 g/mol. The van der Waals surface area contributed by atoms with Crippen LogP contribution in [0.4, 0.5) is 0 Å². The maximum Gasteiger partial charge on any atom is 0.154 e. The molecule has 0 amide bonds. The molecule has 2 atom stereocenters. The van der Waals surface area contributed by atoms with E-state index in [-0.39, 0.29) is 17.5 Å². The second-order valence-corrected chi connectivity index (χ2v) is 6.83. The lowest BCUT2D eigenvalue weighted by molar-refractivity contribution is 0.103. The summed E-state index contributed by atoms with van der Waals surface area (Å²) < 4.78 is 27.7. The number of sulfone groups is 1. The van der Waals surface area contributed by atoms with E-state index < -0.39 is 15.9 Å². The summed E-state index contributed by atoms with van der Waals surface area (Å²) in [5, 5.41) is 12.5. The van der Waals surface area contributed by atoms with E-state index >= 15 is 0 Å². The Hall–Kier alpha value is -0.170. The molecule has 2 unspecified atom stereocenters. The second-order valence-electron chi connectivity index (χ2n) is 4.67. The summed E-state index contributed by atoms with van der Waals surface area (Å²) in [6.07, 6.45) is -0.782. The van der Waals surface area contributed by atoms with Crippen LogP contribution < -0.4 is 5.32 Å². The van der Waals surface area contributed by atoms with Crippen LogP contribution in [0, 0.1) is 5.92 Å². The van der Waals surface area contributed by atoms with E-state index in [4.69, 9.17) is 4.74 Å². The largest absolute Gasteiger partial charge is 0.390 e. The first-order valence-electron chi connectivity index (χ1n) is 5.60. The zero-order chi connectivity index (χ0) is 12.2. The average molecular weight is 251 g/mol. The third kappa shape index (κ3) is 4.78. The summed E-state index contributed by atoms with van der Waals surface area (Å²) in [5.74, 6) is 0.396. The Balaban J connectivity index is 2.14. The standard InChI is InChI=1S/C10H21NO4S/c1-8(2)5-15-4-3-11-9-6-16(13,14)7-10(9)12/h8-12H,3-7H2,1-2H3. The van der Waals surface area contributed by atoms with Crippen molar-refractivity contribution in [2.45, 2.75) is 26.0 Å². The molecule has 0 aliphatic carbocycles. The Bertz CT molecular complexity index is 302. The zero-order valence-electron chi connectivity index (χ0n) is 9.85. The molecule has 1 aliphatic rings. The minimum Gasteiger partial charge on any atom is -0.390 e. The number of rotatable bonds is 6. The van der Waals surface area contributed by atoms with E-state index in [0.717, 1.165) is 0 Å². The summed E-state index contributed by atoms with van der Waals surface area (Å²) in [5.41, 5.74) is 0. The molecule has 0 spiro atoms. The summed E-state index contributed by atoms with van der Waals surface area (Å²) in [6, 6.07) is -0.340. The Morgan fingerprint density at radius 1 is 1.44 bits per heavy atom. The number of nitrogens with one attached hydrogen (secondary N) is 1. The molecule has 1 fully saturated rings. The van der Waals surface area contributed by atoms with Crippen LogP contribution in [0.2, 0.25) is 0 Å². The van der Waals surface area contributed by atoms with Crippen molar-refractivity contribution in [3.05, 3.63) is 0 Å². The fourth-order valence-electron chi connectivity index (χ4n) is 1.66. The monoisotopic (exact) mass is 251 g/mol. The maximum atomic E-state index is 11.2. The third-order valence-corrected chi connectivity index (χ3v) is 4.14. The zero-order valence-corrected chi connectivity index (χ0v) is 10.7. The maximum absolute atomic E-state index is 11.2. The summed E-state index contributed by atoms with van der Waals surface area (Å²) in [6.45, 7) is 5.96. The Morgan fingerprint density at radius 3 is 2.62 bits per heavy atom. The van der Waals surface area contributed by atoms with Crippen molar-refractivity contribution in [2.24, 2.45) is 5.92 Å². The molecule has 0 saturated carbocycles. The SMILES string of the molecule is CC(C)COCCNC1CS(=O)(=O)CC1O. The highest BCUT2D eigenvalue weighted by Gasteiger charge is 2.35. The Morgan fingerprint density at radius 2 is 2.12 bits per heavy atom. The van der Waals surface area contributed by atoms with Crippen molar-refractivity contribution in [3.63, 3.8) is 0 Å². The number of hydrogen-bond donors (Lipinski definition) is 2. The highest BCUT2D eigenvalue weighted by atomic mass is 32.2. The summed E-state index contributed by atoms with van der Waals surface area (Å²) in [4.78, 5) is 0. The molecule has 0 radical (unpaired) electrons. The van der Waals surface area contributed by atoms with Gasteiger partial charge in [-0.25, -0.2) is 8.42 Å². The van der Waals surface area contributed by atoms with Crippen molar-refractivity contribution in [1.29, 1.82) is 0 Å². The highest BCUT2D eigenvalue weighted by Crippen LogP contribution is 2.11. The van der Waals surface area contributed by atoms with Crippen LogP contribution in [0.5, 0.6) is 0 Å². The fraction of sp³-hybridized carbons (Fsp3) is 1.00. The second kappa shape index (κ2) is 5.95. The lowest BCUT2D eigenvalue weighted by atomic mass is 10.2. The molecule has 0 aromatic rings. The molecule has 2 N–H and O–H groups in total. The summed E-state index contributed by atoms with van der Waals surface area (Å²) in [7, 11) is -3.05. The molecule has 96 valence electrons. The van der Waals surface area contributed by atoms with Crippen molar-refractivity contribution in [2.75, 3.05) is 31.3 Å². The molecule has 5 nitrogen and oxygen atoms in total. The van der Waals surface area contributed by atoms with Crippen LogP contribution in [0.3, 0.4) is 0 Å². The molecule has 0 aromatic heterocycles. The number of hydrogen-bond acceptors (Lipinski definition) is 5. The van der Waals surface area contributed by atoms with Crippen LogP contribution in [-0.4, -0.2) is 56.9 Å². The first kappa shape index (κ1) is 13.9. The topological polar surface area (TPSA) is 75.6 Å². The lowest BCUT2D eigenvalue weighted by Crippen LogP contribution is -2.40. The number of aliphatic hydroxyl groups excluding tert-OH is 1. The van der Waals surface area contributed by atoms with E-state index in [1.54, 1.807) is 0 Å². The van der Waals surface area contributed by atoms with E-state index in [2.05, 4.69) is 19.2 Å². The van der Waals surface area contributed by atoms with E-state index in [9.17, 15) is 13.5 Å². The average Bonchev–Trinajstić information content (AvgIpc) is 2.38. The quantitative estimate of drug-likeness (QED) is 0.617. The highest BCUT2D eigenvalue weighted by molar-refractivity contribution is 7.91. The molecule has 1 saturated heterocycles. The van der Waals surface area contributed by atoms with Gasteiger partial charge < -0.3 is 15.2 Å². The normalized spacial score (nSPS) is 28.8. The van der Waals surface area contributed by atoms with Gasteiger partial charge in [-0.15, -0.1) is 0 Å². The Labute approximate surface area is 97.1 Å². The molecule has 1 rings (SSSR count). The van der Waals surface area contributed by atoms with Crippen molar-refractivity contribution in [3.8, 4) is 0 Å². The van der Waals surface area contributed by atoms with Gasteiger partial charge in [-0.2, -0.15) is 0 Å². The first-order chi connectivity index (χ1) is 7.41. The first-order valence-corrected chi connectivity index (χ1v) is 7.42. The molecule has 6 heteroatoms. The van der Waals surface area contributed by atoms with Gasteiger partial charge in [-0.05, 0) is 5.92 Å². The van der Waals surface area contributed by atoms with Crippen molar-refractivity contribution in [1.82, 2.24) is 5.32 Å². The van der Waals surface area contributed by atoms with Gasteiger partial charge in [0, 0.05) is 19.2 Å². The van der Waals surface area contributed by atoms with Crippen LogP contribution in [0.25, 0.3) is 0 Å². The van der Waals surface area contributed by atoms with Gasteiger partial charge in [0.25, 0.3) is 0 Å². The number of ether oxygens (including phenoxy) is 1. The molecular formula is C10H21NO4S. The Kier molecular flexibility index (Phi) is 5.17. The van der Waals surface area contributed by atoms with Crippen LogP contribution in [-0.2, 0) is 14.6 Å². The van der Waals surface area contributed by atoms with Crippen LogP contribution in [0.15, 0.2) is 0 Å². The molecule has 1 heterocycles. The lowest BCUT2D eigenvalue weighted by Gasteiger charge is -2.15. The van der Waals surface area contributed by atoms with Crippen LogP contribution >= 0.6 is 0 Å². The van der Waals surface area contributed by atoms with E-state index in [1.165, 1.54) is 0 Å². The van der Waals surface area contributed by atoms with Gasteiger partial charge in [0.05, 0.1) is 24.2 Å². The molecule has 16 heavy (non-hydrogen) atoms. The minimum atomic E-state index is -3.05. The van der Waals surface area contributed by atoms with Gasteiger partial charge in [-0.3, -0.25) is 0 Å². The van der Waals surface area contributed by atoms with Gasteiger partial charge in [0.15, 0.2) is 9.84 Å². The van der Waals surface area contributed by atoms with Gasteiger partial charge >= 0.3 is 0 Å². The molecule has 1 aliphatic heterocycles. The minimum absolute atomic E-state index is 0.0261. The fourth-order valence-corrected chi connectivity index (χ4v) is 3.44. The number of aliphatic hydroxyl groups is 1. The predicted molar refractivity (Wildman–Crippen MR) is 62.1 cm³/mol. The van der Waals surface area contributed by atoms with Crippen LogP contribution in [0.1, 0.15) is 13.8 Å². The smallest absolute Gasteiger partial charge is 0.154 e. The van der Waals surface area contributed by atoms with E-state index in [0.29, 0.717) is 25.7 Å². The van der Waals surface area contributed by atoms with Gasteiger partial charge in [0.1, 0.15) is 0 Å². The molecule has 0 bridgehead atoms. The van der Waals surface area contributed by atoms with Crippen molar-refractivity contribution >= 4 is 9.84 Å². The van der Waals surface area contributed by atoms with Crippen molar-refractivity contribution < 1.29 is 18.3 Å². The predicted octanol–water partition coefficient (Wildman–Crippen LogP) is -0.593. The summed E-state index contributed by atoms with van der Waals surface area (Å²) >= 11 is 0. The third-order valence-electron chi connectivity index (χ3n) is 2.43.